The minimum atomic E-state index is 0.723. The smallest absolute Gasteiger partial charge is 0.160 e. The Morgan fingerprint density at radius 3 is 1.03 bits per heavy atom. The van der Waals surface area contributed by atoms with Crippen LogP contribution < -0.4 is 14.7 Å². The predicted octanol–water partition coefficient (Wildman–Crippen LogP) is 5.68. The molecule has 3 aromatic carbocycles. The highest BCUT2D eigenvalue weighted by atomic mass is 15.1. The molecule has 4 rings (SSSR count). The molecule has 0 fully saturated rings. The first-order chi connectivity index (χ1) is 15.8. The summed E-state index contributed by atoms with van der Waals surface area (Å²) in [5.41, 5.74) is 8.42. The number of benzene rings is 3. The van der Waals surface area contributed by atoms with Gasteiger partial charge in [0.15, 0.2) is 5.82 Å². The lowest BCUT2D eigenvalue weighted by Gasteiger charge is -2.15. The first-order valence-electron chi connectivity index (χ1n) is 11.0. The lowest BCUT2D eigenvalue weighted by atomic mass is 10.1. The molecule has 0 aliphatic carbocycles. The second-order valence-electron chi connectivity index (χ2n) is 8.79. The zero-order valence-corrected chi connectivity index (χ0v) is 20.2. The van der Waals surface area contributed by atoms with Crippen molar-refractivity contribution in [3.05, 3.63) is 78.9 Å². The van der Waals surface area contributed by atoms with Crippen LogP contribution >= 0.6 is 0 Å². The van der Waals surface area contributed by atoms with E-state index in [0.29, 0.717) is 0 Å². The van der Waals surface area contributed by atoms with Crippen LogP contribution in [0.25, 0.3) is 33.9 Å². The molecule has 0 unspecified atom stereocenters. The maximum absolute atomic E-state index is 4.95. The summed E-state index contributed by atoms with van der Waals surface area (Å²) in [5.74, 6) is 0.723. The molecule has 5 nitrogen and oxygen atoms in total. The van der Waals surface area contributed by atoms with Crippen LogP contribution in [0.2, 0.25) is 0 Å². The topological polar surface area (TPSA) is 35.5 Å². The van der Waals surface area contributed by atoms with Crippen molar-refractivity contribution < 1.29 is 0 Å². The van der Waals surface area contributed by atoms with Crippen LogP contribution in [0.4, 0.5) is 17.1 Å². The Kier molecular flexibility index (Phi) is 6.31. The summed E-state index contributed by atoms with van der Waals surface area (Å²) in [5, 5.41) is 0. The van der Waals surface area contributed by atoms with Crippen molar-refractivity contribution in [2.24, 2.45) is 0 Å². The molecule has 0 saturated heterocycles. The summed E-state index contributed by atoms with van der Waals surface area (Å²) in [7, 11) is 12.3. The number of hydrogen-bond acceptors (Lipinski definition) is 5. The van der Waals surface area contributed by atoms with Gasteiger partial charge in [0, 0.05) is 76.0 Å². The number of aromatic nitrogens is 2. The van der Waals surface area contributed by atoms with Gasteiger partial charge in [0.25, 0.3) is 0 Å². The van der Waals surface area contributed by atoms with Crippen LogP contribution in [0.1, 0.15) is 0 Å². The Balaban J connectivity index is 1.81. The van der Waals surface area contributed by atoms with Gasteiger partial charge in [0.2, 0.25) is 0 Å². The van der Waals surface area contributed by atoms with Crippen molar-refractivity contribution in [2.45, 2.75) is 0 Å². The second-order valence-corrected chi connectivity index (χ2v) is 8.79. The molecule has 0 aliphatic heterocycles. The molecular weight excluding hydrogens is 406 g/mol. The SMILES string of the molecule is CN(C)c1ccc(-c2cc(-c3ccc(N(C)C)cc3)nc(-c3ccc(N(C)C)cc3)n2)cc1. The zero-order chi connectivity index (χ0) is 23.5. The molecule has 168 valence electrons. The largest absolute Gasteiger partial charge is 0.378 e. The van der Waals surface area contributed by atoms with Crippen LogP contribution in [-0.2, 0) is 0 Å². The van der Waals surface area contributed by atoms with Crippen molar-refractivity contribution in [2.75, 3.05) is 57.0 Å². The number of hydrogen-bond donors (Lipinski definition) is 0. The predicted molar refractivity (Wildman–Crippen MR) is 141 cm³/mol. The van der Waals surface area contributed by atoms with Gasteiger partial charge in [-0.05, 0) is 54.6 Å². The Bertz CT molecular complexity index is 1040. The van der Waals surface area contributed by atoms with Gasteiger partial charge in [-0.25, -0.2) is 9.97 Å². The molecule has 1 heterocycles. The third-order valence-corrected chi connectivity index (χ3v) is 5.73. The standard InChI is InChI=1S/C28H31N5/c1-31(2)23-13-7-20(8-14-23)26-19-27(21-9-15-24(16-10-21)32(3)4)30-28(29-26)22-11-17-25(18-12-22)33(5)6/h7-19H,1-6H3. The average Bonchev–Trinajstić information content (AvgIpc) is 2.84. The summed E-state index contributed by atoms with van der Waals surface area (Å²) in [4.78, 5) is 16.2. The minimum absolute atomic E-state index is 0.723. The van der Waals surface area contributed by atoms with Crippen LogP contribution in [0.5, 0.6) is 0 Å². The van der Waals surface area contributed by atoms with Crippen molar-refractivity contribution >= 4 is 17.1 Å². The van der Waals surface area contributed by atoms with E-state index in [1.54, 1.807) is 0 Å². The van der Waals surface area contributed by atoms with Crippen molar-refractivity contribution in [3.8, 4) is 33.9 Å². The molecule has 5 heteroatoms. The van der Waals surface area contributed by atoms with Gasteiger partial charge in [-0.1, -0.05) is 24.3 Å². The molecule has 33 heavy (non-hydrogen) atoms. The minimum Gasteiger partial charge on any atom is -0.378 e. The molecule has 4 aromatic rings. The summed E-state index contributed by atoms with van der Waals surface area (Å²) in [6, 6.07) is 27.4. The molecular formula is C28H31N5. The molecule has 1 aromatic heterocycles. The number of anilines is 3. The third kappa shape index (κ3) is 4.98. The van der Waals surface area contributed by atoms with E-state index in [9.17, 15) is 0 Å². The average molecular weight is 438 g/mol. The number of nitrogens with zero attached hydrogens (tertiary/aromatic N) is 5. The Morgan fingerprint density at radius 1 is 0.424 bits per heavy atom. The van der Waals surface area contributed by atoms with Crippen LogP contribution in [0.3, 0.4) is 0 Å². The van der Waals surface area contributed by atoms with Crippen LogP contribution in [0, 0.1) is 0 Å². The molecule has 0 radical (unpaired) electrons. The van der Waals surface area contributed by atoms with Crippen molar-refractivity contribution in [1.82, 2.24) is 9.97 Å². The lowest BCUT2D eigenvalue weighted by molar-refractivity contribution is 1.13. The fraction of sp³-hybridized carbons (Fsp3) is 0.214. The van der Waals surface area contributed by atoms with E-state index in [0.717, 1.165) is 51.0 Å². The van der Waals surface area contributed by atoms with Crippen molar-refractivity contribution in [3.63, 3.8) is 0 Å². The van der Waals surface area contributed by atoms with Gasteiger partial charge in [-0.2, -0.15) is 0 Å². The summed E-state index contributed by atoms with van der Waals surface area (Å²) in [6.07, 6.45) is 0. The highest BCUT2D eigenvalue weighted by Gasteiger charge is 2.12. The second kappa shape index (κ2) is 9.33. The van der Waals surface area contributed by atoms with Crippen LogP contribution in [-0.4, -0.2) is 52.3 Å². The molecule has 0 amide bonds. The highest BCUT2D eigenvalue weighted by molar-refractivity contribution is 5.74. The van der Waals surface area contributed by atoms with Gasteiger partial charge >= 0.3 is 0 Å². The molecule has 0 atom stereocenters. The summed E-state index contributed by atoms with van der Waals surface area (Å²) >= 11 is 0. The van der Waals surface area contributed by atoms with E-state index in [2.05, 4.69) is 93.6 Å². The van der Waals surface area contributed by atoms with E-state index < -0.39 is 0 Å². The van der Waals surface area contributed by atoms with Gasteiger partial charge in [0.05, 0.1) is 11.4 Å². The first kappa shape index (κ1) is 22.3. The Labute approximate surface area is 197 Å². The lowest BCUT2D eigenvalue weighted by Crippen LogP contribution is -2.08. The molecule has 0 N–H and O–H groups in total. The van der Waals surface area contributed by atoms with E-state index in [1.165, 1.54) is 0 Å². The highest BCUT2D eigenvalue weighted by Crippen LogP contribution is 2.30. The molecule has 0 bridgehead atoms. The number of rotatable bonds is 6. The maximum atomic E-state index is 4.95. The maximum Gasteiger partial charge on any atom is 0.160 e. The van der Waals surface area contributed by atoms with E-state index in [1.807, 2.05) is 42.3 Å². The quantitative estimate of drug-likeness (QED) is 0.388. The fourth-order valence-corrected chi connectivity index (χ4v) is 3.64. The summed E-state index contributed by atoms with van der Waals surface area (Å²) in [6.45, 7) is 0. The van der Waals surface area contributed by atoms with Gasteiger partial charge in [-0.3, -0.25) is 0 Å². The van der Waals surface area contributed by atoms with E-state index in [4.69, 9.17) is 9.97 Å². The normalized spacial score (nSPS) is 10.7. The monoisotopic (exact) mass is 437 g/mol. The summed E-state index contributed by atoms with van der Waals surface area (Å²) < 4.78 is 0. The molecule has 0 aliphatic rings. The van der Waals surface area contributed by atoms with Crippen molar-refractivity contribution in [1.29, 1.82) is 0 Å². The molecule has 0 spiro atoms. The van der Waals surface area contributed by atoms with Gasteiger partial charge in [0.1, 0.15) is 0 Å². The fourth-order valence-electron chi connectivity index (χ4n) is 3.64. The van der Waals surface area contributed by atoms with Gasteiger partial charge in [-0.15, -0.1) is 0 Å². The van der Waals surface area contributed by atoms with E-state index in [-0.39, 0.29) is 0 Å². The van der Waals surface area contributed by atoms with Gasteiger partial charge < -0.3 is 14.7 Å². The van der Waals surface area contributed by atoms with Crippen LogP contribution in [0.15, 0.2) is 78.9 Å². The zero-order valence-electron chi connectivity index (χ0n) is 20.2. The molecule has 0 saturated carbocycles. The first-order valence-corrected chi connectivity index (χ1v) is 11.0. The third-order valence-electron chi connectivity index (χ3n) is 5.73. The Hall–Kier alpha value is -3.86. The van der Waals surface area contributed by atoms with E-state index >= 15 is 0 Å². The Morgan fingerprint density at radius 2 is 0.727 bits per heavy atom.